The predicted molar refractivity (Wildman–Crippen MR) is 79.2 cm³/mol. The molecule has 1 heterocycles. The molecule has 0 bridgehead atoms. The van der Waals surface area contributed by atoms with Crippen LogP contribution in [-0.4, -0.2) is 15.9 Å². The Balaban J connectivity index is 2.24. The third kappa shape index (κ3) is 3.09. The minimum Gasteiger partial charge on any atom is -0.305 e. The van der Waals surface area contributed by atoms with Crippen molar-refractivity contribution >= 4 is 57.5 Å². The van der Waals surface area contributed by atoms with Crippen LogP contribution in [0, 0.1) is 3.57 Å². The molecule has 0 aliphatic heterocycles. The molecular weight excluding hydrogens is 388 g/mol. The van der Waals surface area contributed by atoms with Gasteiger partial charge in [-0.05, 0) is 40.8 Å². The molecule has 0 saturated carbocycles. The summed E-state index contributed by atoms with van der Waals surface area (Å²) in [6.45, 7) is 0. The predicted octanol–water partition coefficient (Wildman–Crippen LogP) is 3.64. The Kier molecular flexibility index (Phi) is 4.36. The molecule has 0 radical (unpaired) electrons. The minimum atomic E-state index is -0.301. The van der Waals surface area contributed by atoms with Crippen molar-refractivity contribution in [2.24, 2.45) is 0 Å². The number of aromatic nitrogens is 2. The molecule has 2 aromatic rings. The average molecular weight is 394 g/mol. The maximum atomic E-state index is 12.0. The van der Waals surface area contributed by atoms with Gasteiger partial charge in [0.1, 0.15) is 11.3 Å². The fraction of sp³-hybridized carbons (Fsp3) is 0. The number of hydrogen-bond acceptors (Lipinski definition) is 3. The van der Waals surface area contributed by atoms with Crippen molar-refractivity contribution < 1.29 is 4.79 Å². The summed E-state index contributed by atoms with van der Waals surface area (Å²) in [6.07, 6.45) is 1.23. The number of hydrogen-bond donors (Lipinski definition) is 1. The van der Waals surface area contributed by atoms with Crippen molar-refractivity contribution in [3.8, 4) is 0 Å². The molecule has 0 unspecified atom stereocenters. The first kappa shape index (κ1) is 13.5. The Morgan fingerprint density at radius 3 is 2.78 bits per heavy atom. The van der Waals surface area contributed by atoms with Crippen LogP contribution < -0.4 is 5.32 Å². The average Bonchev–Trinajstić information content (AvgIpc) is 2.35. The second-order valence-electron chi connectivity index (χ2n) is 3.29. The monoisotopic (exact) mass is 393 g/mol. The van der Waals surface area contributed by atoms with E-state index >= 15 is 0 Å². The Morgan fingerprint density at radius 2 is 2.06 bits per heavy atom. The van der Waals surface area contributed by atoms with Gasteiger partial charge < -0.3 is 5.32 Å². The van der Waals surface area contributed by atoms with Gasteiger partial charge in [-0.2, -0.15) is 0 Å². The fourth-order valence-electron chi connectivity index (χ4n) is 1.24. The first-order valence-electron chi connectivity index (χ1n) is 4.81. The highest BCUT2D eigenvalue weighted by Crippen LogP contribution is 2.25. The summed E-state index contributed by atoms with van der Waals surface area (Å²) in [4.78, 5) is 19.5. The number of anilines is 1. The van der Waals surface area contributed by atoms with E-state index in [1.54, 1.807) is 18.2 Å². The highest BCUT2D eigenvalue weighted by Gasteiger charge is 2.12. The van der Waals surface area contributed by atoms with E-state index in [4.69, 9.17) is 23.2 Å². The van der Waals surface area contributed by atoms with E-state index < -0.39 is 0 Å². The number of carbonyl (C=O) groups excluding carboxylic acids is 1. The maximum absolute atomic E-state index is 12.0. The molecule has 0 saturated heterocycles. The van der Waals surface area contributed by atoms with Crippen LogP contribution >= 0.6 is 45.8 Å². The number of rotatable bonds is 2. The van der Waals surface area contributed by atoms with Crippen LogP contribution in [0.1, 0.15) is 10.4 Å². The van der Waals surface area contributed by atoms with Gasteiger partial charge in [0, 0.05) is 9.13 Å². The molecule has 2 rings (SSSR count). The van der Waals surface area contributed by atoms with Gasteiger partial charge in [-0.15, -0.1) is 0 Å². The summed E-state index contributed by atoms with van der Waals surface area (Å²) < 4.78 is 0.965. The van der Waals surface area contributed by atoms with E-state index in [1.807, 2.05) is 6.07 Å². The van der Waals surface area contributed by atoms with E-state index in [1.165, 1.54) is 6.33 Å². The van der Waals surface area contributed by atoms with Gasteiger partial charge in [0.2, 0.25) is 0 Å². The SMILES string of the molecule is O=C(Nc1ncnc(Cl)c1Cl)c1cccc(I)c1. The van der Waals surface area contributed by atoms with Crippen LogP contribution in [0.25, 0.3) is 0 Å². The molecule has 1 N–H and O–H groups in total. The van der Waals surface area contributed by atoms with E-state index in [-0.39, 0.29) is 21.9 Å². The van der Waals surface area contributed by atoms with Gasteiger partial charge in [-0.1, -0.05) is 29.3 Å². The summed E-state index contributed by atoms with van der Waals surface area (Å²) in [6, 6.07) is 7.15. The normalized spacial score (nSPS) is 10.2. The van der Waals surface area contributed by atoms with E-state index in [2.05, 4.69) is 37.9 Å². The molecular formula is C11H6Cl2IN3O. The topological polar surface area (TPSA) is 54.9 Å². The molecule has 1 aromatic carbocycles. The molecule has 18 heavy (non-hydrogen) atoms. The van der Waals surface area contributed by atoms with Crippen LogP contribution in [0.4, 0.5) is 5.82 Å². The third-order valence-corrected chi connectivity index (χ3v) is 3.48. The molecule has 1 aromatic heterocycles. The van der Waals surface area contributed by atoms with E-state index in [9.17, 15) is 4.79 Å². The zero-order valence-electron chi connectivity index (χ0n) is 8.82. The van der Waals surface area contributed by atoms with Crippen molar-refractivity contribution in [3.63, 3.8) is 0 Å². The quantitative estimate of drug-likeness (QED) is 0.626. The van der Waals surface area contributed by atoms with E-state index in [0.29, 0.717) is 5.56 Å². The van der Waals surface area contributed by atoms with Crippen molar-refractivity contribution in [1.82, 2.24) is 9.97 Å². The zero-order valence-corrected chi connectivity index (χ0v) is 12.5. The van der Waals surface area contributed by atoms with Crippen molar-refractivity contribution in [1.29, 1.82) is 0 Å². The van der Waals surface area contributed by atoms with Crippen LogP contribution in [0.5, 0.6) is 0 Å². The molecule has 0 aliphatic rings. The summed E-state index contributed by atoms with van der Waals surface area (Å²) in [5.41, 5.74) is 0.521. The molecule has 0 fully saturated rings. The number of carbonyl (C=O) groups is 1. The summed E-state index contributed by atoms with van der Waals surface area (Å²) in [5, 5.41) is 2.81. The lowest BCUT2D eigenvalue weighted by atomic mass is 10.2. The Labute approximate surface area is 127 Å². The summed E-state index contributed by atoms with van der Waals surface area (Å²) in [7, 11) is 0. The lowest BCUT2D eigenvalue weighted by molar-refractivity contribution is 0.102. The second kappa shape index (κ2) is 5.81. The van der Waals surface area contributed by atoms with Crippen LogP contribution in [-0.2, 0) is 0 Å². The number of nitrogens with zero attached hydrogens (tertiary/aromatic N) is 2. The number of benzene rings is 1. The molecule has 92 valence electrons. The van der Waals surface area contributed by atoms with Gasteiger partial charge in [0.15, 0.2) is 11.0 Å². The molecule has 1 amide bonds. The highest BCUT2D eigenvalue weighted by atomic mass is 127. The number of amides is 1. The Bertz CT molecular complexity index is 607. The summed E-state index contributed by atoms with van der Waals surface area (Å²) >= 11 is 13.7. The Morgan fingerprint density at radius 1 is 1.28 bits per heavy atom. The number of nitrogens with one attached hydrogen (secondary N) is 1. The standard InChI is InChI=1S/C11H6Cl2IN3O/c12-8-9(13)15-5-16-10(8)17-11(18)6-2-1-3-7(14)4-6/h1-5H,(H,15,16,17,18). The zero-order chi connectivity index (χ0) is 13.1. The van der Waals surface area contributed by atoms with Crippen molar-refractivity contribution in [2.45, 2.75) is 0 Å². The molecule has 7 heteroatoms. The van der Waals surface area contributed by atoms with E-state index in [0.717, 1.165) is 3.57 Å². The van der Waals surface area contributed by atoms with Crippen LogP contribution in [0.15, 0.2) is 30.6 Å². The Hall–Kier alpha value is -0.920. The van der Waals surface area contributed by atoms with Crippen molar-refractivity contribution in [2.75, 3.05) is 5.32 Å². The third-order valence-electron chi connectivity index (χ3n) is 2.07. The lowest BCUT2D eigenvalue weighted by Crippen LogP contribution is -2.13. The molecule has 4 nitrogen and oxygen atoms in total. The largest absolute Gasteiger partial charge is 0.305 e. The molecule has 0 spiro atoms. The maximum Gasteiger partial charge on any atom is 0.256 e. The van der Waals surface area contributed by atoms with Crippen LogP contribution in [0.3, 0.4) is 0 Å². The lowest BCUT2D eigenvalue weighted by Gasteiger charge is -2.06. The first-order chi connectivity index (χ1) is 8.58. The van der Waals surface area contributed by atoms with Crippen LogP contribution in [0.2, 0.25) is 10.2 Å². The minimum absolute atomic E-state index is 0.101. The fourth-order valence-corrected chi connectivity index (χ4v) is 2.07. The molecule has 0 atom stereocenters. The first-order valence-corrected chi connectivity index (χ1v) is 6.64. The molecule has 0 aliphatic carbocycles. The van der Waals surface area contributed by atoms with Gasteiger partial charge in [-0.25, -0.2) is 9.97 Å². The summed E-state index contributed by atoms with van der Waals surface area (Å²) in [5.74, 6) is -0.106. The van der Waals surface area contributed by atoms with Gasteiger partial charge >= 0.3 is 0 Å². The second-order valence-corrected chi connectivity index (χ2v) is 5.27. The van der Waals surface area contributed by atoms with Gasteiger partial charge in [0.05, 0.1) is 0 Å². The van der Waals surface area contributed by atoms with Gasteiger partial charge in [-0.3, -0.25) is 4.79 Å². The van der Waals surface area contributed by atoms with Crippen molar-refractivity contribution in [3.05, 3.63) is 49.9 Å². The van der Waals surface area contributed by atoms with Gasteiger partial charge in [0.25, 0.3) is 5.91 Å². The highest BCUT2D eigenvalue weighted by molar-refractivity contribution is 14.1. The number of halogens is 3. The smallest absolute Gasteiger partial charge is 0.256 e.